The fraction of sp³-hybridized carbons (Fsp3) is 0.467. The Morgan fingerprint density at radius 3 is 2.96 bits per heavy atom. The standard InChI is InChI=1S/C15H17N5O2S/c1-3-15(2)13(21)20(14(22)18-15)19-11-10-8-5-4-6-9(8)23-12(10)17-7-16-11/h7H,3-6H2,1-2H3,(H,18,22)(H,16,17,19)/t15-/m1/s1. The van der Waals surface area contributed by atoms with Crippen molar-refractivity contribution >= 4 is 39.3 Å². The van der Waals surface area contributed by atoms with Crippen LogP contribution in [0.1, 0.15) is 37.1 Å². The molecule has 0 aromatic carbocycles. The van der Waals surface area contributed by atoms with Gasteiger partial charge < -0.3 is 5.32 Å². The molecule has 23 heavy (non-hydrogen) atoms. The van der Waals surface area contributed by atoms with Crippen LogP contribution in [0.3, 0.4) is 0 Å². The molecule has 1 fully saturated rings. The molecule has 4 rings (SSSR count). The number of aromatic nitrogens is 2. The molecule has 0 radical (unpaired) electrons. The second kappa shape index (κ2) is 4.89. The van der Waals surface area contributed by atoms with E-state index < -0.39 is 11.6 Å². The summed E-state index contributed by atoms with van der Waals surface area (Å²) in [6, 6.07) is -0.446. The van der Waals surface area contributed by atoms with Gasteiger partial charge in [-0.05, 0) is 38.2 Å². The van der Waals surface area contributed by atoms with E-state index >= 15 is 0 Å². The number of hydrogen-bond acceptors (Lipinski definition) is 6. The van der Waals surface area contributed by atoms with Crippen LogP contribution in [0.5, 0.6) is 0 Å². The third-order valence-corrected chi connectivity index (χ3v) is 5.89. The molecule has 1 atom stereocenters. The molecular weight excluding hydrogens is 314 g/mol. The number of nitrogens with one attached hydrogen (secondary N) is 2. The zero-order valence-corrected chi connectivity index (χ0v) is 13.8. The highest BCUT2D eigenvalue weighted by molar-refractivity contribution is 7.19. The van der Waals surface area contributed by atoms with Crippen LogP contribution in [-0.4, -0.2) is 32.5 Å². The van der Waals surface area contributed by atoms with E-state index in [1.807, 2.05) is 6.92 Å². The summed E-state index contributed by atoms with van der Waals surface area (Å²) in [6.07, 6.45) is 5.18. The number of imide groups is 1. The summed E-state index contributed by atoms with van der Waals surface area (Å²) in [6.45, 7) is 3.60. The Labute approximate surface area is 137 Å². The predicted octanol–water partition coefficient (Wildman–Crippen LogP) is 2.23. The SMILES string of the molecule is CC[C@@]1(C)NC(=O)N(Nc2ncnc3sc4c(c23)CCC4)C1=O. The molecule has 2 aromatic heterocycles. The van der Waals surface area contributed by atoms with Gasteiger partial charge in [-0.25, -0.2) is 14.8 Å². The fourth-order valence-electron chi connectivity index (χ4n) is 3.14. The van der Waals surface area contributed by atoms with Gasteiger partial charge in [0.2, 0.25) is 0 Å². The molecule has 2 aromatic rings. The lowest BCUT2D eigenvalue weighted by molar-refractivity contribution is -0.129. The summed E-state index contributed by atoms with van der Waals surface area (Å²) in [5.41, 5.74) is 3.30. The van der Waals surface area contributed by atoms with Crippen molar-refractivity contribution in [1.82, 2.24) is 20.3 Å². The molecular formula is C15H17N5O2S. The number of amides is 3. The van der Waals surface area contributed by atoms with Crippen LogP contribution in [-0.2, 0) is 17.6 Å². The molecule has 1 saturated heterocycles. The Morgan fingerprint density at radius 2 is 2.22 bits per heavy atom. The van der Waals surface area contributed by atoms with Crippen LogP contribution in [0, 0.1) is 0 Å². The Morgan fingerprint density at radius 1 is 1.39 bits per heavy atom. The second-order valence-corrected chi connectivity index (χ2v) is 7.21. The number of aryl methyl sites for hydroxylation is 2. The summed E-state index contributed by atoms with van der Waals surface area (Å²) in [7, 11) is 0. The number of carbonyl (C=O) groups is 2. The van der Waals surface area contributed by atoms with Gasteiger partial charge in [0.25, 0.3) is 5.91 Å². The number of fused-ring (bicyclic) bond motifs is 3. The lowest BCUT2D eigenvalue weighted by Gasteiger charge is -2.19. The van der Waals surface area contributed by atoms with E-state index in [2.05, 4.69) is 20.7 Å². The first-order chi connectivity index (χ1) is 11.0. The Kier molecular flexibility index (Phi) is 3.06. The average Bonchev–Trinajstić information content (AvgIpc) is 3.16. The number of nitrogens with zero attached hydrogens (tertiary/aromatic N) is 3. The van der Waals surface area contributed by atoms with Crippen molar-refractivity contribution in [1.29, 1.82) is 0 Å². The molecule has 8 heteroatoms. The number of thiophene rings is 1. The Hall–Kier alpha value is -2.22. The molecule has 0 unspecified atom stereocenters. The van der Waals surface area contributed by atoms with Crippen molar-refractivity contribution in [3.05, 3.63) is 16.8 Å². The van der Waals surface area contributed by atoms with Crippen LogP contribution in [0.2, 0.25) is 0 Å². The van der Waals surface area contributed by atoms with E-state index in [9.17, 15) is 9.59 Å². The monoisotopic (exact) mass is 331 g/mol. The molecule has 120 valence electrons. The summed E-state index contributed by atoms with van der Waals surface area (Å²) < 4.78 is 0. The highest BCUT2D eigenvalue weighted by atomic mass is 32.1. The molecule has 0 bridgehead atoms. The van der Waals surface area contributed by atoms with E-state index in [0.29, 0.717) is 12.2 Å². The maximum Gasteiger partial charge on any atom is 0.344 e. The number of hydrazine groups is 1. The average molecular weight is 331 g/mol. The van der Waals surface area contributed by atoms with Crippen molar-refractivity contribution in [2.75, 3.05) is 5.43 Å². The Bertz CT molecular complexity index is 833. The van der Waals surface area contributed by atoms with E-state index in [-0.39, 0.29) is 5.91 Å². The van der Waals surface area contributed by atoms with Crippen molar-refractivity contribution in [3.8, 4) is 0 Å². The predicted molar refractivity (Wildman–Crippen MR) is 87.1 cm³/mol. The van der Waals surface area contributed by atoms with E-state index in [4.69, 9.17) is 0 Å². The number of carbonyl (C=O) groups excluding carboxylic acids is 2. The Balaban J connectivity index is 1.74. The molecule has 2 N–H and O–H groups in total. The fourth-order valence-corrected chi connectivity index (χ4v) is 4.37. The normalized spacial score (nSPS) is 23.5. The van der Waals surface area contributed by atoms with Gasteiger partial charge >= 0.3 is 6.03 Å². The van der Waals surface area contributed by atoms with Crippen LogP contribution in [0.25, 0.3) is 10.2 Å². The van der Waals surface area contributed by atoms with Gasteiger partial charge in [-0.15, -0.1) is 11.3 Å². The quantitative estimate of drug-likeness (QED) is 0.842. The van der Waals surface area contributed by atoms with Crippen molar-refractivity contribution in [3.63, 3.8) is 0 Å². The molecule has 1 aliphatic heterocycles. The molecule has 0 spiro atoms. The van der Waals surface area contributed by atoms with Gasteiger partial charge in [0, 0.05) is 4.88 Å². The minimum absolute atomic E-state index is 0.288. The summed E-state index contributed by atoms with van der Waals surface area (Å²) >= 11 is 1.67. The lowest BCUT2D eigenvalue weighted by Crippen LogP contribution is -2.43. The first-order valence-electron chi connectivity index (χ1n) is 7.72. The van der Waals surface area contributed by atoms with Gasteiger partial charge in [0.05, 0.1) is 5.39 Å². The summed E-state index contributed by atoms with van der Waals surface area (Å²) in [5.74, 6) is 0.238. The molecule has 7 nitrogen and oxygen atoms in total. The van der Waals surface area contributed by atoms with Crippen LogP contribution < -0.4 is 10.7 Å². The van der Waals surface area contributed by atoms with Gasteiger partial charge in [-0.1, -0.05) is 6.92 Å². The highest BCUT2D eigenvalue weighted by Crippen LogP contribution is 2.39. The summed E-state index contributed by atoms with van der Waals surface area (Å²) in [4.78, 5) is 35.5. The van der Waals surface area contributed by atoms with Crippen LogP contribution >= 0.6 is 11.3 Å². The lowest BCUT2D eigenvalue weighted by atomic mass is 10.00. The zero-order chi connectivity index (χ0) is 16.2. The molecule has 1 aliphatic carbocycles. The first-order valence-corrected chi connectivity index (χ1v) is 8.54. The van der Waals surface area contributed by atoms with E-state index in [0.717, 1.165) is 34.5 Å². The number of anilines is 1. The smallest absolute Gasteiger partial charge is 0.322 e. The van der Waals surface area contributed by atoms with Crippen LogP contribution in [0.15, 0.2) is 6.33 Å². The largest absolute Gasteiger partial charge is 0.344 e. The van der Waals surface area contributed by atoms with Crippen molar-refractivity contribution in [2.24, 2.45) is 0 Å². The third kappa shape index (κ3) is 2.01. The molecule has 3 amide bonds. The maximum absolute atomic E-state index is 12.5. The van der Waals surface area contributed by atoms with E-state index in [1.54, 1.807) is 18.3 Å². The minimum Gasteiger partial charge on any atom is -0.322 e. The van der Waals surface area contributed by atoms with Gasteiger partial charge in [-0.3, -0.25) is 10.2 Å². The van der Waals surface area contributed by atoms with Crippen molar-refractivity contribution < 1.29 is 9.59 Å². The maximum atomic E-state index is 12.5. The van der Waals surface area contributed by atoms with Crippen LogP contribution in [0.4, 0.5) is 10.6 Å². The van der Waals surface area contributed by atoms with Gasteiger partial charge in [0.15, 0.2) is 5.82 Å². The van der Waals surface area contributed by atoms with E-state index in [1.165, 1.54) is 16.8 Å². The minimum atomic E-state index is -0.868. The highest BCUT2D eigenvalue weighted by Gasteiger charge is 2.47. The first kappa shape index (κ1) is 14.4. The number of rotatable bonds is 3. The number of urea groups is 1. The van der Waals surface area contributed by atoms with Gasteiger partial charge in [0.1, 0.15) is 16.7 Å². The second-order valence-electron chi connectivity index (χ2n) is 6.13. The molecule has 3 heterocycles. The third-order valence-electron chi connectivity index (χ3n) is 4.69. The summed E-state index contributed by atoms with van der Waals surface area (Å²) in [5, 5.41) is 4.70. The number of hydrogen-bond donors (Lipinski definition) is 2. The van der Waals surface area contributed by atoms with Crippen molar-refractivity contribution in [2.45, 2.75) is 45.1 Å². The zero-order valence-electron chi connectivity index (χ0n) is 13.0. The molecule has 2 aliphatic rings. The topological polar surface area (TPSA) is 87.2 Å². The van der Waals surface area contributed by atoms with Gasteiger partial charge in [-0.2, -0.15) is 5.01 Å². The molecule has 0 saturated carbocycles.